The van der Waals surface area contributed by atoms with Crippen molar-refractivity contribution in [2.24, 2.45) is 0 Å². The Hall–Kier alpha value is -1.06. The molecule has 0 saturated carbocycles. The average Bonchev–Trinajstić information content (AvgIpc) is 2.75. The molecule has 0 aliphatic heterocycles. The molecule has 0 amide bonds. The summed E-state index contributed by atoms with van der Waals surface area (Å²) in [4.78, 5) is 3.44. The van der Waals surface area contributed by atoms with E-state index in [2.05, 4.69) is 73.2 Å². The van der Waals surface area contributed by atoms with Crippen LogP contribution in [0.1, 0.15) is 0 Å². The first-order valence-electron chi connectivity index (χ1n) is 5.27. The van der Waals surface area contributed by atoms with E-state index in [4.69, 9.17) is 0 Å². The highest BCUT2D eigenvalue weighted by Crippen LogP contribution is 2.29. The number of aromatic amines is 1. The Morgan fingerprint density at radius 3 is 2.35 bits per heavy atom. The van der Waals surface area contributed by atoms with Crippen molar-refractivity contribution < 1.29 is 0 Å². The van der Waals surface area contributed by atoms with Gasteiger partial charge in [-0.2, -0.15) is 0 Å². The lowest BCUT2D eigenvalue weighted by atomic mass is 10.1. The van der Waals surface area contributed by atoms with Crippen LogP contribution in [0.5, 0.6) is 0 Å². The number of fused-ring (bicyclic) bond motifs is 1. The Balaban J connectivity index is 2.18. The maximum Gasteiger partial charge on any atom is 0.0603 e. The number of H-pyrrole nitrogens is 1. The van der Waals surface area contributed by atoms with Crippen molar-refractivity contribution in [3.8, 4) is 11.3 Å². The fourth-order valence-corrected chi connectivity index (χ4v) is 2.65. The number of aromatic nitrogens is 1. The second-order valence-corrected chi connectivity index (χ2v) is 5.66. The molecule has 1 heterocycles. The van der Waals surface area contributed by atoms with Gasteiger partial charge in [-0.1, -0.05) is 40.2 Å². The maximum absolute atomic E-state index is 3.56. The predicted octanol–water partition coefficient (Wildman–Crippen LogP) is 5.36. The third kappa shape index (κ3) is 2.05. The molecule has 0 saturated heterocycles. The van der Waals surface area contributed by atoms with Gasteiger partial charge >= 0.3 is 0 Å². The lowest BCUT2D eigenvalue weighted by Gasteiger charge is -1.97. The van der Waals surface area contributed by atoms with Gasteiger partial charge in [0.1, 0.15) is 0 Å². The molecular formula is C14H9Br2N. The minimum atomic E-state index is 1.10. The van der Waals surface area contributed by atoms with E-state index in [1.165, 1.54) is 10.9 Å². The zero-order valence-electron chi connectivity index (χ0n) is 8.87. The molecule has 84 valence electrons. The molecule has 17 heavy (non-hydrogen) atoms. The maximum atomic E-state index is 3.56. The number of hydrogen-bond acceptors (Lipinski definition) is 0. The number of halogens is 2. The lowest BCUT2D eigenvalue weighted by molar-refractivity contribution is 1.44. The second kappa shape index (κ2) is 4.31. The van der Waals surface area contributed by atoms with Crippen LogP contribution in [0.2, 0.25) is 0 Å². The Morgan fingerprint density at radius 1 is 0.882 bits per heavy atom. The Labute approximate surface area is 116 Å². The van der Waals surface area contributed by atoms with Crippen molar-refractivity contribution in [1.29, 1.82) is 0 Å². The number of para-hydroxylation sites is 1. The zero-order valence-corrected chi connectivity index (χ0v) is 12.0. The van der Waals surface area contributed by atoms with Crippen molar-refractivity contribution >= 4 is 42.8 Å². The monoisotopic (exact) mass is 349 g/mol. The first-order valence-corrected chi connectivity index (χ1v) is 6.86. The predicted molar refractivity (Wildman–Crippen MR) is 79.1 cm³/mol. The summed E-state index contributed by atoms with van der Waals surface area (Å²) < 4.78 is 2.19. The van der Waals surface area contributed by atoms with Crippen LogP contribution in [0.3, 0.4) is 0 Å². The van der Waals surface area contributed by atoms with Gasteiger partial charge < -0.3 is 4.98 Å². The smallest absolute Gasteiger partial charge is 0.0603 e. The average molecular weight is 351 g/mol. The van der Waals surface area contributed by atoms with Gasteiger partial charge in [0, 0.05) is 20.0 Å². The van der Waals surface area contributed by atoms with Crippen LogP contribution >= 0.6 is 31.9 Å². The molecule has 0 aliphatic carbocycles. The van der Waals surface area contributed by atoms with Gasteiger partial charge in [-0.3, -0.25) is 0 Å². The summed E-state index contributed by atoms with van der Waals surface area (Å²) in [5, 5.41) is 1.22. The second-order valence-electron chi connectivity index (χ2n) is 3.89. The largest absolute Gasteiger partial charge is 0.354 e. The molecule has 3 rings (SSSR count). The number of rotatable bonds is 1. The van der Waals surface area contributed by atoms with Crippen molar-refractivity contribution in [1.82, 2.24) is 4.98 Å². The molecular weight excluding hydrogens is 342 g/mol. The molecule has 0 unspecified atom stereocenters. The molecule has 1 aromatic heterocycles. The van der Waals surface area contributed by atoms with Gasteiger partial charge in [0.15, 0.2) is 0 Å². The minimum Gasteiger partial charge on any atom is -0.354 e. The SMILES string of the molecule is Brc1ccc(-c2cc3cccc(Br)c3[nH]2)cc1. The van der Waals surface area contributed by atoms with Gasteiger partial charge in [-0.25, -0.2) is 0 Å². The van der Waals surface area contributed by atoms with E-state index in [1.807, 2.05) is 12.1 Å². The van der Waals surface area contributed by atoms with E-state index < -0.39 is 0 Å². The minimum absolute atomic E-state index is 1.10. The van der Waals surface area contributed by atoms with E-state index in [-0.39, 0.29) is 0 Å². The van der Waals surface area contributed by atoms with Crippen molar-refractivity contribution in [3.63, 3.8) is 0 Å². The quantitative estimate of drug-likeness (QED) is 0.608. The summed E-state index contributed by atoms with van der Waals surface area (Å²) in [5.74, 6) is 0. The Kier molecular flexibility index (Phi) is 2.81. The van der Waals surface area contributed by atoms with Gasteiger partial charge in [0.05, 0.1) is 5.52 Å². The molecule has 0 fully saturated rings. The highest BCUT2D eigenvalue weighted by molar-refractivity contribution is 9.11. The van der Waals surface area contributed by atoms with Gasteiger partial charge in [-0.05, 0) is 45.8 Å². The van der Waals surface area contributed by atoms with Crippen LogP contribution in [0.25, 0.3) is 22.2 Å². The fraction of sp³-hybridized carbons (Fsp3) is 0. The molecule has 0 aliphatic rings. The number of benzene rings is 2. The van der Waals surface area contributed by atoms with E-state index in [0.717, 1.165) is 20.2 Å². The molecule has 3 heteroatoms. The summed E-state index contributed by atoms with van der Waals surface area (Å²) in [6, 6.07) is 16.7. The highest BCUT2D eigenvalue weighted by Gasteiger charge is 2.05. The zero-order chi connectivity index (χ0) is 11.8. The normalized spacial score (nSPS) is 10.9. The molecule has 0 radical (unpaired) electrons. The summed E-state index contributed by atoms with van der Waals surface area (Å²) in [6.45, 7) is 0. The summed E-state index contributed by atoms with van der Waals surface area (Å²) >= 11 is 7.00. The van der Waals surface area contributed by atoms with Gasteiger partial charge in [0.25, 0.3) is 0 Å². The van der Waals surface area contributed by atoms with Crippen molar-refractivity contribution in [3.05, 3.63) is 57.5 Å². The standard InChI is InChI=1S/C14H9Br2N/c15-11-6-4-9(5-7-11)13-8-10-2-1-3-12(16)14(10)17-13/h1-8,17H. The van der Waals surface area contributed by atoms with Crippen LogP contribution in [0.15, 0.2) is 57.5 Å². The fourth-order valence-electron chi connectivity index (χ4n) is 1.90. The van der Waals surface area contributed by atoms with Gasteiger partial charge in [0.2, 0.25) is 0 Å². The van der Waals surface area contributed by atoms with Crippen LogP contribution in [0, 0.1) is 0 Å². The Bertz CT molecular complexity index is 668. The van der Waals surface area contributed by atoms with Crippen LogP contribution in [0.4, 0.5) is 0 Å². The van der Waals surface area contributed by atoms with Crippen molar-refractivity contribution in [2.75, 3.05) is 0 Å². The van der Waals surface area contributed by atoms with E-state index in [0.29, 0.717) is 0 Å². The molecule has 2 aromatic carbocycles. The molecule has 0 spiro atoms. The van der Waals surface area contributed by atoms with Crippen LogP contribution < -0.4 is 0 Å². The summed E-state index contributed by atoms with van der Waals surface area (Å²) in [5.41, 5.74) is 3.47. The van der Waals surface area contributed by atoms with E-state index >= 15 is 0 Å². The highest BCUT2D eigenvalue weighted by atomic mass is 79.9. The summed E-state index contributed by atoms with van der Waals surface area (Å²) in [6.07, 6.45) is 0. The lowest BCUT2D eigenvalue weighted by Crippen LogP contribution is -1.76. The summed E-state index contributed by atoms with van der Waals surface area (Å²) in [7, 11) is 0. The molecule has 0 bridgehead atoms. The topological polar surface area (TPSA) is 15.8 Å². The van der Waals surface area contributed by atoms with Crippen LogP contribution in [-0.2, 0) is 0 Å². The number of nitrogens with one attached hydrogen (secondary N) is 1. The Morgan fingerprint density at radius 2 is 1.65 bits per heavy atom. The molecule has 0 atom stereocenters. The van der Waals surface area contributed by atoms with E-state index in [9.17, 15) is 0 Å². The molecule has 3 aromatic rings. The third-order valence-electron chi connectivity index (χ3n) is 2.76. The first kappa shape index (κ1) is 11.1. The number of hydrogen-bond donors (Lipinski definition) is 1. The third-order valence-corrected chi connectivity index (χ3v) is 3.95. The van der Waals surface area contributed by atoms with E-state index in [1.54, 1.807) is 0 Å². The molecule has 1 nitrogen and oxygen atoms in total. The van der Waals surface area contributed by atoms with Crippen molar-refractivity contribution in [2.45, 2.75) is 0 Å². The van der Waals surface area contributed by atoms with Crippen LogP contribution in [-0.4, -0.2) is 4.98 Å². The first-order chi connectivity index (χ1) is 8.24. The molecule has 1 N–H and O–H groups in total. The van der Waals surface area contributed by atoms with Gasteiger partial charge in [-0.15, -0.1) is 0 Å².